The highest BCUT2D eigenvalue weighted by Gasteiger charge is 2.23. The molecule has 26 heavy (non-hydrogen) atoms. The van der Waals surface area contributed by atoms with Gasteiger partial charge in [-0.15, -0.1) is 12.4 Å². The quantitative estimate of drug-likeness (QED) is 0.722. The van der Waals surface area contributed by atoms with Gasteiger partial charge in [-0.1, -0.05) is 6.92 Å². The van der Waals surface area contributed by atoms with Crippen molar-refractivity contribution < 1.29 is 17.6 Å². The third-order valence-corrected chi connectivity index (χ3v) is 6.40. The summed E-state index contributed by atoms with van der Waals surface area (Å²) >= 11 is 0. The Kier molecular flexibility index (Phi) is 8.95. The summed E-state index contributed by atoms with van der Waals surface area (Å²) in [5.41, 5.74) is 0. The van der Waals surface area contributed by atoms with Crippen LogP contribution in [0.4, 0.5) is 4.39 Å². The number of halogens is 2. The summed E-state index contributed by atoms with van der Waals surface area (Å²) in [6, 6.07) is 4.90. The van der Waals surface area contributed by atoms with Gasteiger partial charge in [0, 0.05) is 26.1 Å². The summed E-state index contributed by atoms with van der Waals surface area (Å²) in [5, 5.41) is 6.31. The lowest BCUT2D eigenvalue weighted by atomic mass is 9.95. The van der Waals surface area contributed by atoms with E-state index in [0.717, 1.165) is 31.6 Å². The average molecular weight is 408 g/mol. The number of rotatable bonds is 7. The van der Waals surface area contributed by atoms with Crippen molar-refractivity contribution in [3.8, 4) is 0 Å². The van der Waals surface area contributed by atoms with Crippen LogP contribution in [0.2, 0.25) is 0 Å². The zero-order valence-corrected chi connectivity index (χ0v) is 16.7. The average Bonchev–Trinajstić information content (AvgIpc) is 2.57. The highest BCUT2D eigenvalue weighted by Crippen LogP contribution is 2.15. The molecule has 2 atom stereocenters. The van der Waals surface area contributed by atoms with E-state index >= 15 is 0 Å². The SMILES string of the molecule is CC1CNCCC1NC(=O)CCCN(C)S(=O)(=O)c1ccc(F)cc1.Cl. The number of carbonyl (C=O) groups excluding carboxylic acids is 1. The molecule has 0 aliphatic carbocycles. The van der Waals surface area contributed by atoms with E-state index in [4.69, 9.17) is 0 Å². The minimum atomic E-state index is -3.66. The van der Waals surface area contributed by atoms with Gasteiger partial charge in [0.2, 0.25) is 15.9 Å². The summed E-state index contributed by atoms with van der Waals surface area (Å²) < 4.78 is 38.9. The summed E-state index contributed by atoms with van der Waals surface area (Å²) in [6.45, 7) is 4.12. The molecule has 0 radical (unpaired) electrons. The van der Waals surface area contributed by atoms with Gasteiger partial charge < -0.3 is 10.6 Å². The van der Waals surface area contributed by atoms with Crippen LogP contribution >= 0.6 is 12.4 Å². The number of benzene rings is 1. The van der Waals surface area contributed by atoms with Crippen molar-refractivity contribution in [2.75, 3.05) is 26.7 Å². The highest BCUT2D eigenvalue weighted by atomic mass is 35.5. The molecule has 0 bridgehead atoms. The number of hydrogen-bond donors (Lipinski definition) is 2. The lowest BCUT2D eigenvalue weighted by molar-refractivity contribution is -0.122. The number of hydrogen-bond acceptors (Lipinski definition) is 4. The smallest absolute Gasteiger partial charge is 0.242 e. The standard InChI is InChI=1S/C17H26FN3O3S.ClH/c1-13-12-19-10-9-16(13)20-17(22)4-3-11-21(2)25(23,24)15-7-5-14(18)6-8-15;/h5-8,13,16,19H,3-4,9-12H2,1-2H3,(H,20,22);1H. The molecule has 0 aromatic heterocycles. The molecule has 9 heteroatoms. The van der Waals surface area contributed by atoms with E-state index in [0.29, 0.717) is 12.3 Å². The first-order chi connectivity index (χ1) is 11.8. The molecule has 1 saturated heterocycles. The second kappa shape index (κ2) is 10.2. The molecule has 1 heterocycles. The Labute approximate surface area is 161 Å². The molecular formula is C17H27ClFN3O3S. The molecular weight excluding hydrogens is 381 g/mol. The Hall–Kier alpha value is -1.22. The predicted molar refractivity (Wildman–Crippen MR) is 101 cm³/mol. The van der Waals surface area contributed by atoms with Crippen LogP contribution in [0.15, 0.2) is 29.2 Å². The first-order valence-corrected chi connectivity index (χ1v) is 9.96. The molecule has 0 saturated carbocycles. The van der Waals surface area contributed by atoms with Crippen molar-refractivity contribution in [2.24, 2.45) is 5.92 Å². The van der Waals surface area contributed by atoms with Gasteiger partial charge in [0.15, 0.2) is 0 Å². The zero-order valence-electron chi connectivity index (χ0n) is 15.1. The highest BCUT2D eigenvalue weighted by molar-refractivity contribution is 7.89. The van der Waals surface area contributed by atoms with E-state index < -0.39 is 15.8 Å². The number of nitrogens with zero attached hydrogens (tertiary/aromatic N) is 1. The van der Waals surface area contributed by atoms with Crippen LogP contribution in [0, 0.1) is 11.7 Å². The fourth-order valence-corrected chi connectivity index (χ4v) is 4.09. The first-order valence-electron chi connectivity index (χ1n) is 8.52. The summed E-state index contributed by atoms with van der Waals surface area (Å²) in [4.78, 5) is 12.1. The number of piperidine rings is 1. The molecule has 6 nitrogen and oxygen atoms in total. The van der Waals surface area contributed by atoms with E-state index in [2.05, 4.69) is 17.6 Å². The van der Waals surface area contributed by atoms with Crippen molar-refractivity contribution in [3.63, 3.8) is 0 Å². The second-order valence-electron chi connectivity index (χ2n) is 6.53. The molecule has 1 amide bonds. The van der Waals surface area contributed by atoms with Gasteiger partial charge in [-0.05, 0) is 56.1 Å². The van der Waals surface area contributed by atoms with Crippen LogP contribution in [0.1, 0.15) is 26.2 Å². The van der Waals surface area contributed by atoms with E-state index in [1.54, 1.807) is 0 Å². The fourth-order valence-electron chi connectivity index (χ4n) is 2.88. The Morgan fingerprint density at radius 3 is 2.62 bits per heavy atom. The van der Waals surface area contributed by atoms with Crippen molar-refractivity contribution in [1.29, 1.82) is 0 Å². The maximum absolute atomic E-state index is 12.9. The van der Waals surface area contributed by atoms with Crippen molar-refractivity contribution in [2.45, 2.75) is 37.1 Å². The topological polar surface area (TPSA) is 78.5 Å². The molecule has 0 spiro atoms. The Morgan fingerprint density at radius 2 is 2.00 bits per heavy atom. The molecule has 1 aliphatic rings. The number of carbonyl (C=O) groups is 1. The molecule has 1 aromatic rings. The minimum absolute atomic E-state index is 0. The molecule has 2 N–H and O–H groups in total. The Bertz CT molecular complexity index is 685. The van der Waals surface area contributed by atoms with Gasteiger partial charge in [0.1, 0.15) is 5.82 Å². The Balaban J connectivity index is 0.00000338. The lowest BCUT2D eigenvalue weighted by Gasteiger charge is -2.30. The van der Waals surface area contributed by atoms with E-state index in [9.17, 15) is 17.6 Å². The summed E-state index contributed by atoms with van der Waals surface area (Å²) in [6.07, 6.45) is 1.62. The largest absolute Gasteiger partial charge is 0.353 e. The monoisotopic (exact) mass is 407 g/mol. The molecule has 1 fully saturated rings. The van der Waals surface area contributed by atoms with Gasteiger partial charge in [-0.25, -0.2) is 17.1 Å². The molecule has 2 unspecified atom stereocenters. The van der Waals surface area contributed by atoms with Gasteiger partial charge >= 0.3 is 0 Å². The van der Waals surface area contributed by atoms with Crippen LogP contribution < -0.4 is 10.6 Å². The van der Waals surface area contributed by atoms with Crippen molar-refractivity contribution >= 4 is 28.3 Å². The molecule has 1 aliphatic heterocycles. The first kappa shape index (κ1) is 22.8. The number of sulfonamides is 1. The summed E-state index contributed by atoms with van der Waals surface area (Å²) in [5.74, 6) is -0.143. The van der Waals surface area contributed by atoms with Gasteiger partial charge in [0.25, 0.3) is 0 Å². The second-order valence-corrected chi connectivity index (χ2v) is 8.57. The predicted octanol–water partition coefficient (Wildman–Crippen LogP) is 1.76. The number of amides is 1. The van der Waals surface area contributed by atoms with Gasteiger partial charge in [0.05, 0.1) is 4.90 Å². The summed E-state index contributed by atoms with van der Waals surface area (Å²) in [7, 11) is -2.20. The van der Waals surface area contributed by atoms with Gasteiger partial charge in [-0.2, -0.15) is 0 Å². The fraction of sp³-hybridized carbons (Fsp3) is 0.588. The third kappa shape index (κ3) is 6.19. The minimum Gasteiger partial charge on any atom is -0.353 e. The van der Waals surface area contributed by atoms with Crippen LogP contribution in [0.3, 0.4) is 0 Å². The van der Waals surface area contributed by atoms with Crippen LogP contribution in [-0.4, -0.2) is 51.4 Å². The zero-order chi connectivity index (χ0) is 18.4. The maximum Gasteiger partial charge on any atom is 0.242 e. The maximum atomic E-state index is 12.9. The van der Waals surface area contributed by atoms with Crippen LogP contribution in [-0.2, 0) is 14.8 Å². The van der Waals surface area contributed by atoms with E-state index in [1.165, 1.54) is 23.5 Å². The van der Waals surface area contributed by atoms with E-state index in [-0.39, 0.29) is 42.2 Å². The number of nitrogens with one attached hydrogen (secondary N) is 2. The molecule has 148 valence electrons. The van der Waals surface area contributed by atoms with Crippen molar-refractivity contribution in [3.05, 3.63) is 30.1 Å². The third-order valence-electron chi connectivity index (χ3n) is 4.53. The lowest BCUT2D eigenvalue weighted by Crippen LogP contribution is -2.48. The van der Waals surface area contributed by atoms with Gasteiger partial charge in [-0.3, -0.25) is 4.79 Å². The van der Waals surface area contributed by atoms with Crippen LogP contribution in [0.25, 0.3) is 0 Å². The van der Waals surface area contributed by atoms with E-state index in [1.807, 2.05) is 0 Å². The normalized spacial score (nSPS) is 20.5. The molecule has 1 aromatic carbocycles. The van der Waals surface area contributed by atoms with Crippen molar-refractivity contribution in [1.82, 2.24) is 14.9 Å². The molecule has 2 rings (SSSR count). The van der Waals surface area contributed by atoms with Crippen LogP contribution in [0.5, 0.6) is 0 Å². The Morgan fingerprint density at radius 1 is 1.35 bits per heavy atom.